The molecular weight excluding hydrogens is 362 g/mol. The topological polar surface area (TPSA) is 49.4 Å². The minimum absolute atomic E-state index is 0.0732. The molecule has 0 aliphatic heterocycles. The van der Waals surface area contributed by atoms with Crippen LogP contribution in [0.25, 0.3) is 0 Å². The van der Waals surface area contributed by atoms with Crippen molar-refractivity contribution < 1.29 is 18.4 Å². The number of nitrogens with zero attached hydrogens (tertiary/aromatic N) is 1. The monoisotopic (exact) mass is 388 g/mol. The molecule has 0 bridgehead atoms. The Hall–Kier alpha value is -2.76. The average Bonchev–Trinajstić information content (AvgIpc) is 2.64. The number of nitrogens with one attached hydrogen (secondary N) is 1. The molecule has 0 saturated carbocycles. The Balaban J connectivity index is 2.30. The van der Waals surface area contributed by atoms with Crippen molar-refractivity contribution in [3.05, 3.63) is 71.3 Å². The van der Waals surface area contributed by atoms with Gasteiger partial charge in [0.15, 0.2) is 0 Å². The van der Waals surface area contributed by atoms with E-state index in [0.717, 1.165) is 0 Å². The normalized spacial score (nSPS) is 11.9. The molecule has 1 atom stereocenters. The van der Waals surface area contributed by atoms with Crippen molar-refractivity contribution in [3.8, 4) is 0 Å². The third kappa shape index (κ3) is 5.87. The van der Waals surface area contributed by atoms with E-state index in [0.29, 0.717) is 12.0 Å². The second-order valence-electron chi connectivity index (χ2n) is 7.00. The SMILES string of the molecule is CCC(C(=O)NC(C)C)N(Cc1ccc(F)cc1)C(=O)Cc1ccccc1F. The maximum atomic E-state index is 14.0. The average molecular weight is 388 g/mol. The van der Waals surface area contributed by atoms with Gasteiger partial charge in [0.2, 0.25) is 11.8 Å². The van der Waals surface area contributed by atoms with Crippen LogP contribution in [0.2, 0.25) is 0 Å². The molecule has 0 aliphatic rings. The molecule has 0 saturated heterocycles. The molecule has 0 aliphatic carbocycles. The first-order valence-electron chi connectivity index (χ1n) is 9.39. The minimum Gasteiger partial charge on any atom is -0.352 e. The van der Waals surface area contributed by atoms with Crippen LogP contribution in [-0.2, 0) is 22.6 Å². The van der Waals surface area contributed by atoms with E-state index >= 15 is 0 Å². The number of carbonyl (C=O) groups excluding carboxylic acids is 2. The zero-order chi connectivity index (χ0) is 20.7. The van der Waals surface area contributed by atoms with Gasteiger partial charge < -0.3 is 10.2 Å². The van der Waals surface area contributed by atoms with E-state index in [1.165, 1.54) is 23.1 Å². The van der Waals surface area contributed by atoms with Crippen LogP contribution in [0.1, 0.15) is 38.3 Å². The fourth-order valence-electron chi connectivity index (χ4n) is 2.99. The fourth-order valence-corrected chi connectivity index (χ4v) is 2.99. The van der Waals surface area contributed by atoms with Gasteiger partial charge in [0.25, 0.3) is 0 Å². The van der Waals surface area contributed by atoms with Crippen molar-refractivity contribution in [2.24, 2.45) is 0 Å². The van der Waals surface area contributed by atoms with Crippen LogP contribution in [-0.4, -0.2) is 28.8 Å². The van der Waals surface area contributed by atoms with Crippen LogP contribution in [0, 0.1) is 11.6 Å². The Morgan fingerprint density at radius 3 is 2.25 bits per heavy atom. The third-order valence-corrected chi connectivity index (χ3v) is 4.38. The lowest BCUT2D eigenvalue weighted by atomic mass is 10.1. The summed E-state index contributed by atoms with van der Waals surface area (Å²) in [4.78, 5) is 27.1. The van der Waals surface area contributed by atoms with Crippen LogP contribution >= 0.6 is 0 Å². The highest BCUT2D eigenvalue weighted by atomic mass is 19.1. The van der Waals surface area contributed by atoms with Crippen LogP contribution in [0.5, 0.6) is 0 Å². The number of rotatable bonds is 8. The van der Waals surface area contributed by atoms with E-state index in [9.17, 15) is 18.4 Å². The Kier molecular flexibility index (Phi) is 7.67. The van der Waals surface area contributed by atoms with E-state index in [1.807, 2.05) is 20.8 Å². The van der Waals surface area contributed by atoms with Crippen LogP contribution in [0.15, 0.2) is 48.5 Å². The number of hydrogen-bond acceptors (Lipinski definition) is 2. The molecule has 2 amide bonds. The Labute approximate surface area is 164 Å². The van der Waals surface area contributed by atoms with Gasteiger partial charge in [0.1, 0.15) is 17.7 Å². The number of amides is 2. The van der Waals surface area contributed by atoms with Gasteiger partial charge in [-0.2, -0.15) is 0 Å². The fraction of sp³-hybridized carbons (Fsp3) is 0.364. The predicted molar refractivity (Wildman–Crippen MR) is 104 cm³/mol. The zero-order valence-electron chi connectivity index (χ0n) is 16.4. The summed E-state index contributed by atoms with van der Waals surface area (Å²) in [7, 11) is 0. The summed E-state index contributed by atoms with van der Waals surface area (Å²) in [5.74, 6) is -1.46. The zero-order valence-corrected chi connectivity index (χ0v) is 16.4. The van der Waals surface area contributed by atoms with Gasteiger partial charge in [-0.1, -0.05) is 37.3 Å². The van der Waals surface area contributed by atoms with Gasteiger partial charge in [-0.25, -0.2) is 8.78 Å². The summed E-state index contributed by atoms with van der Waals surface area (Å²) in [6.45, 7) is 5.64. The molecular formula is C22H26F2N2O2. The predicted octanol–water partition coefficient (Wildman–Crippen LogP) is 3.84. The maximum absolute atomic E-state index is 14.0. The van der Waals surface area contributed by atoms with Crippen molar-refractivity contribution in [3.63, 3.8) is 0 Å². The molecule has 0 radical (unpaired) electrons. The smallest absolute Gasteiger partial charge is 0.243 e. The van der Waals surface area contributed by atoms with Crippen molar-refractivity contribution in [1.82, 2.24) is 10.2 Å². The second kappa shape index (κ2) is 9.97. The summed E-state index contributed by atoms with van der Waals surface area (Å²) in [6, 6.07) is 11.1. The summed E-state index contributed by atoms with van der Waals surface area (Å²) in [6.07, 6.45) is 0.252. The highest BCUT2D eigenvalue weighted by Crippen LogP contribution is 2.16. The van der Waals surface area contributed by atoms with E-state index in [-0.39, 0.29) is 42.2 Å². The molecule has 0 heterocycles. The summed E-state index contributed by atoms with van der Waals surface area (Å²) < 4.78 is 27.2. The summed E-state index contributed by atoms with van der Waals surface area (Å²) >= 11 is 0. The highest BCUT2D eigenvalue weighted by Gasteiger charge is 2.29. The molecule has 2 aromatic carbocycles. The van der Waals surface area contributed by atoms with E-state index < -0.39 is 11.9 Å². The van der Waals surface area contributed by atoms with Gasteiger partial charge in [0, 0.05) is 12.6 Å². The van der Waals surface area contributed by atoms with Gasteiger partial charge in [0.05, 0.1) is 6.42 Å². The first-order valence-corrected chi connectivity index (χ1v) is 9.39. The molecule has 6 heteroatoms. The quantitative estimate of drug-likeness (QED) is 0.747. The molecule has 1 N–H and O–H groups in total. The van der Waals surface area contributed by atoms with Crippen LogP contribution in [0.4, 0.5) is 8.78 Å². The van der Waals surface area contributed by atoms with Crippen molar-refractivity contribution in [2.45, 2.75) is 52.2 Å². The first-order chi connectivity index (χ1) is 13.3. The third-order valence-electron chi connectivity index (χ3n) is 4.38. The molecule has 0 aromatic heterocycles. The Morgan fingerprint density at radius 2 is 1.68 bits per heavy atom. The van der Waals surface area contributed by atoms with Crippen molar-refractivity contribution in [2.75, 3.05) is 0 Å². The van der Waals surface area contributed by atoms with E-state index in [4.69, 9.17) is 0 Å². The summed E-state index contributed by atoms with van der Waals surface area (Å²) in [5, 5.41) is 2.83. The Bertz CT molecular complexity index is 806. The van der Waals surface area contributed by atoms with Crippen LogP contribution in [0.3, 0.4) is 0 Å². The molecule has 0 fully saturated rings. The molecule has 2 rings (SSSR count). The van der Waals surface area contributed by atoms with Gasteiger partial charge in [-0.3, -0.25) is 9.59 Å². The lowest BCUT2D eigenvalue weighted by Crippen LogP contribution is -2.50. The standard InChI is InChI=1S/C22H26F2N2O2/c1-4-20(22(28)25-15(2)3)26(14-16-9-11-18(23)12-10-16)21(27)13-17-7-5-6-8-19(17)24/h5-12,15,20H,4,13-14H2,1-3H3,(H,25,28). The lowest BCUT2D eigenvalue weighted by Gasteiger charge is -2.31. The number of benzene rings is 2. The number of halogens is 2. The van der Waals surface area contributed by atoms with Gasteiger partial charge >= 0.3 is 0 Å². The summed E-state index contributed by atoms with van der Waals surface area (Å²) in [5.41, 5.74) is 0.967. The van der Waals surface area contributed by atoms with Gasteiger partial charge in [-0.15, -0.1) is 0 Å². The van der Waals surface area contributed by atoms with E-state index in [1.54, 1.807) is 30.3 Å². The molecule has 2 aromatic rings. The van der Waals surface area contributed by atoms with Crippen LogP contribution < -0.4 is 5.32 Å². The molecule has 150 valence electrons. The first kappa shape index (κ1) is 21.5. The molecule has 1 unspecified atom stereocenters. The van der Waals surface area contributed by atoms with Gasteiger partial charge in [-0.05, 0) is 49.6 Å². The van der Waals surface area contributed by atoms with E-state index in [2.05, 4.69) is 5.32 Å². The molecule has 28 heavy (non-hydrogen) atoms. The second-order valence-corrected chi connectivity index (χ2v) is 7.00. The minimum atomic E-state index is -0.702. The highest BCUT2D eigenvalue weighted by molar-refractivity contribution is 5.88. The molecule has 4 nitrogen and oxygen atoms in total. The lowest BCUT2D eigenvalue weighted by molar-refractivity contribution is -0.141. The van der Waals surface area contributed by atoms with Crippen molar-refractivity contribution in [1.29, 1.82) is 0 Å². The Morgan fingerprint density at radius 1 is 1.04 bits per heavy atom. The van der Waals surface area contributed by atoms with Crippen molar-refractivity contribution >= 4 is 11.8 Å². The maximum Gasteiger partial charge on any atom is 0.243 e. The molecule has 0 spiro atoms. The number of carbonyl (C=O) groups is 2. The largest absolute Gasteiger partial charge is 0.352 e. The number of hydrogen-bond donors (Lipinski definition) is 1.